The molecular weight excluding hydrogens is 514 g/mol. The van der Waals surface area contributed by atoms with E-state index in [1.165, 1.54) is 6.92 Å². The summed E-state index contributed by atoms with van der Waals surface area (Å²) in [6.07, 6.45) is -3.46. The molecule has 1 saturated heterocycles. The number of hydrogen-bond acceptors (Lipinski definition) is 3. The molecule has 198 valence electrons. The quantitative estimate of drug-likeness (QED) is 0.566. The van der Waals surface area contributed by atoms with Gasteiger partial charge >= 0.3 is 6.18 Å². The highest BCUT2D eigenvalue weighted by molar-refractivity contribution is 6.34. The lowest BCUT2D eigenvalue weighted by atomic mass is 9.92. The Kier molecular flexibility index (Phi) is 7.77. The Balaban J connectivity index is 1.42. The Bertz CT molecular complexity index is 1230. The first kappa shape index (κ1) is 26.9. The molecule has 4 rings (SSSR count). The Labute approximate surface area is 216 Å². The van der Waals surface area contributed by atoms with E-state index >= 15 is 0 Å². The molecule has 0 saturated carbocycles. The third-order valence-corrected chi connectivity index (χ3v) is 7.24. The number of piperidine rings is 1. The molecule has 37 heavy (non-hydrogen) atoms. The summed E-state index contributed by atoms with van der Waals surface area (Å²) >= 11 is 6.35. The van der Waals surface area contributed by atoms with Gasteiger partial charge in [0.2, 0.25) is 17.7 Å². The van der Waals surface area contributed by atoms with Crippen molar-refractivity contribution in [1.29, 1.82) is 0 Å². The average Bonchev–Trinajstić information content (AvgIpc) is 2.84. The Hall–Kier alpha value is -3.14. The number of benzene rings is 2. The zero-order valence-electron chi connectivity index (χ0n) is 20.1. The second kappa shape index (κ2) is 10.7. The van der Waals surface area contributed by atoms with Gasteiger partial charge < -0.3 is 15.1 Å². The molecule has 0 radical (unpaired) electrons. The molecule has 1 N–H and O–H groups in total. The molecule has 2 heterocycles. The Morgan fingerprint density at radius 1 is 1.05 bits per heavy atom. The summed E-state index contributed by atoms with van der Waals surface area (Å²) in [7, 11) is 0. The van der Waals surface area contributed by atoms with Gasteiger partial charge in [0.05, 0.1) is 22.7 Å². The van der Waals surface area contributed by atoms with E-state index in [4.69, 9.17) is 11.6 Å². The lowest BCUT2D eigenvalue weighted by Gasteiger charge is -2.36. The van der Waals surface area contributed by atoms with Gasteiger partial charge in [0.1, 0.15) is 5.82 Å². The largest absolute Gasteiger partial charge is 0.419 e. The highest BCUT2D eigenvalue weighted by atomic mass is 35.5. The number of carbonyl (C=O) groups excluding carboxylic acids is 3. The van der Waals surface area contributed by atoms with E-state index in [-0.39, 0.29) is 29.7 Å². The normalized spacial score (nSPS) is 16.4. The van der Waals surface area contributed by atoms with Crippen LogP contribution in [0.2, 0.25) is 5.02 Å². The zero-order chi connectivity index (χ0) is 26.9. The van der Waals surface area contributed by atoms with Crippen LogP contribution in [0.15, 0.2) is 30.3 Å². The monoisotopic (exact) mass is 539 g/mol. The van der Waals surface area contributed by atoms with Gasteiger partial charge in [0.15, 0.2) is 0 Å². The molecule has 1 fully saturated rings. The fourth-order valence-electron chi connectivity index (χ4n) is 4.92. The second-order valence-electron chi connectivity index (χ2n) is 9.39. The minimum atomic E-state index is -4.82. The summed E-state index contributed by atoms with van der Waals surface area (Å²) in [5, 5.41) is 3.01. The number of halogens is 5. The highest BCUT2D eigenvalue weighted by Gasteiger charge is 2.34. The van der Waals surface area contributed by atoms with Crippen LogP contribution in [0.3, 0.4) is 0 Å². The number of likely N-dealkylation sites (tertiary alicyclic amines) is 1. The van der Waals surface area contributed by atoms with Crippen molar-refractivity contribution in [2.45, 2.75) is 45.3 Å². The third-order valence-electron chi connectivity index (χ3n) is 6.92. The lowest BCUT2D eigenvalue weighted by Crippen LogP contribution is -2.45. The maximum Gasteiger partial charge on any atom is 0.419 e. The lowest BCUT2D eigenvalue weighted by molar-refractivity contribution is -0.140. The molecule has 0 bridgehead atoms. The van der Waals surface area contributed by atoms with Crippen LogP contribution in [0.4, 0.5) is 23.2 Å². The molecule has 0 unspecified atom stereocenters. The van der Waals surface area contributed by atoms with Crippen molar-refractivity contribution in [2.75, 3.05) is 25.0 Å². The van der Waals surface area contributed by atoms with Gasteiger partial charge in [-0.25, -0.2) is 4.39 Å². The van der Waals surface area contributed by atoms with Gasteiger partial charge in [0, 0.05) is 39.0 Å². The minimum Gasteiger partial charge on any atom is -0.343 e. The maximum atomic E-state index is 13.9. The van der Waals surface area contributed by atoms with Crippen LogP contribution in [0, 0.1) is 11.7 Å². The molecule has 3 amide bonds. The molecule has 0 spiro atoms. The smallest absolute Gasteiger partial charge is 0.343 e. The van der Waals surface area contributed by atoms with Crippen LogP contribution < -0.4 is 5.32 Å². The van der Waals surface area contributed by atoms with Gasteiger partial charge in [-0.1, -0.05) is 23.7 Å². The van der Waals surface area contributed by atoms with Crippen molar-refractivity contribution in [3.05, 3.63) is 63.4 Å². The molecule has 6 nitrogen and oxygen atoms in total. The number of nitrogens with one attached hydrogen (secondary N) is 1. The van der Waals surface area contributed by atoms with E-state index in [9.17, 15) is 31.9 Å². The molecule has 0 atom stereocenters. The van der Waals surface area contributed by atoms with Crippen LogP contribution in [0.25, 0.3) is 0 Å². The third kappa shape index (κ3) is 6.06. The van der Waals surface area contributed by atoms with Gasteiger partial charge in [-0.3, -0.25) is 14.4 Å². The predicted molar refractivity (Wildman–Crippen MR) is 129 cm³/mol. The molecule has 2 aliphatic heterocycles. The number of rotatable bonds is 4. The summed E-state index contributed by atoms with van der Waals surface area (Å²) in [6, 6.07) is 5.81. The number of fused-ring (bicyclic) bond motifs is 1. The van der Waals surface area contributed by atoms with Gasteiger partial charge in [-0.05, 0) is 54.2 Å². The predicted octanol–water partition coefficient (Wildman–Crippen LogP) is 4.82. The van der Waals surface area contributed by atoms with E-state index in [1.54, 1.807) is 21.9 Å². The highest BCUT2D eigenvalue weighted by Crippen LogP contribution is 2.35. The van der Waals surface area contributed by atoms with Gasteiger partial charge in [-0.2, -0.15) is 13.2 Å². The second-order valence-corrected chi connectivity index (χ2v) is 9.79. The number of carbonyl (C=O) groups is 3. The fraction of sp³-hybridized carbons (Fsp3) is 0.423. The zero-order valence-corrected chi connectivity index (χ0v) is 20.9. The number of amides is 3. The van der Waals surface area contributed by atoms with Crippen molar-refractivity contribution in [2.24, 2.45) is 5.92 Å². The van der Waals surface area contributed by atoms with Gasteiger partial charge in [0.25, 0.3) is 0 Å². The SMILES string of the molecule is CC(=O)N1CCC(C(=O)N2CCc3c(ccc(Cl)c3NC(=O)Cc3ccc(C(F)(F)F)c(F)c3)C2)CC1. The van der Waals surface area contributed by atoms with Crippen LogP contribution >= 0.6 is 11.6 Å². The van der Waals surface area contributed by atoms with Crippen LogP contribution in [0.5, 0.6) is 0 Å². The molecule has 0 aromatic heterocycles. The standard InChI is InChI=1S/C26H26ClF4N3O3/c1-15(35)33-9-6-17(7-10-33)25(37)34-11-8-19-18(14-34)3-5-21(27)24(19)32-23(36)13-16-2-4-20(22(28)12-16)26(29,30)31/h2-5,12,17H,6-11,13-14H2,1H3,(H,32,36). The summed E-state index contributed by atoms with van der Waals surface area (Å²) < 4.78 is 52.3. The van der Waals surface area contributed by atoms with Crippen molar-refractivity contribution in [3.63, 3.8) is 0 Å². The molecule has 2 aromatic rings. The van der Waals surface area contributed by atoms with Crippen molar-refractivity contribution >= 4 is 35.0 Å². The van der Waals surface area contributed by atoms with E-state index in [2.05, 4.69) is 5.32 Å². The Morgan fingerprint density at radius 3 is 2.38 bits per heavy atom. The van der Waals surface area contributed by atoms with Crippen LogP contribution in [-0.2, 0) is 39.9 Å². The van der Waals surface area contributed by atoms with E-state index < -0.39 is 23.5 Å². The minimum absolute atomic E-state index is 0.00714. The Morgan fingerprint density at radius 2 is 1.76 bits per heavy atom. The number of nitrogens with zero attached hydrogens (tertiary/aromatic N) is 2. The molecular formula is C26H26ClF4N3O3. The van der Waals surface area contributed by atoms with Crippen molar-refractivity contribution < 1.29 is 31.9 Å². The molecule has 2 aliphatic rings. The van der Waals surface area contributed by atoms with Crippen molar-refractivity contribution in [3.8, 4) is 0 Å². The summed E-state index contributed by atoms with van der Waals surface area (Å²) in [5.74, 6) is -2.09. The summed E-state index contributed by atoms with van der Waals surface area (Å²) in [4.78, 5) is 40.8. The van der Waals surface area contributed by atoms with E-state index in [0.29, 0.717) is 68.3 Å². The van der Waals surface area contributed by atoms with Crippen LogP contribution in [0.1, 0.15) is 42.0 Å². The molecule has 2 aromatic carbocycles. The summed E-state index contributed by atoms with van der Waals surface area (Å²) in [5.41, 5.74) is 0.714. The number of alkyl halides is 3. The topological polar surface area (TPSA) is 69.7 Å². The number of anilines is 1. The first-order chi connectivity index (χ1) is 17.4. The van der Waals surface area contributed by atoms with Crippen molar-refractivity contribution in [1.82, 2.24) is 9.80 Å². The maximum absolute atomic E-state index is 13.9. The average molecular weight is 540 g/mol. The van der Waals surface area contributed by atoms with Gasteiger partial charge in [-0.15, -0.1) is 0 Å². The molecule has 0 aliphatic carbocycles. The molecule has 11 heteroatoms. The fourth-order valence-corrected chi connectivity index (χ4v) is 5.14. The van der Waals surface area contributed by atoms with E-state index in [0.717, 1.165) is 17.2 Å². The van der Waals surface area contributed by atoms with E-state index in [1.807, 2.05) is 0 Å². The van der Waals surface area contributed by atoms with Crippen LogP contribution in [-0.4, -0.2) is 47.2 Å². The number of hydrogen-bond donors (Lipinski definition) is 1. The summed E-state index contributed by atoms with van der Waals surface area (Å²) in [6.45, 7) is 3.43. The first-order valence-electron chi connectivity index (χ1n) is 11.9. The first-order valence-corrected chi connectivity index (χ1v) is 12.3.